The molecule has 1 N–H and O–H groups in total. The number of piperidine rings is 2. The summed E-state index contributed by atoms with van der Waals surface area (Å²) >= 11 is 0. The number of nitrogens with one attached hydrogen (secondary N) is 1. The van der Waals surface area contributed by atoms with Gasteiger partial charge in [0.2, 0.25) is 11.8 Å². The second-order valence-electron chi connectivity index (χ2n) is 19.5. The van der Waals surface area contributed by atoms with Crippen molar-refractivity contribution in [1.29, 1.82) is 0 Å². The lowest BCUT2D eigenvalue weighted by Crippen LogP contribution is -2.55. The number of carbonyl (C=O) groups excluding carboxylic acids is 4. The maximum absolute atomic E-state index is 15.1. The number of aromatic amines is 1. The van der Waals surface area contributed by atoms with E-state index < -0.39 is 11.7 Å². The molecule has 69 heavy (non-hydrogen) atoms. The third-order valence-electron chi connectivity index (χ3n) is 15.0. The van der Waals surface area contributed by atoms with E-state index in [1.807, 2.05) is 40.3 Å². The van der Waals surface area contributed by atoms with Gasteiger partial charge >= 0.3 is 0 Å². The van der Waals surface area contributed by atoms with Crippen LogP contribution in [0.1, 0.15) is 80.4 Å². The highest BCUT2D eigenvalue weighted by Gasteiger charge is 2.32. The molecule has 0 spiro atoms. The van der Waals surface area contributed by atoms with Gasteiger partial charge in [-0.3, -0.25) is 33.8 Å². The Morgan fingerprint density at radius 1 is 0.681 bits per heavy atom. The summed E-state index contributed by atoms with van der Waals surface area (Å²) in [6.45, 7) is 10.7. The fraction of sp³-hybridized carbons (Fsp3) is 0.462. The zero-order valence-corrected chi connectivity index (χ0v) is 39.1. The van der Waals surface area contributed by atoms with Gasteiger partial charge < -0.3 is 24.5 Å². The van der Waals surface area contributed by atoms with Gasteiger partial charge in [0, 0.05) is 133 Å². The van der Waals surface area contributed by atoms with Crippen LogP contribution in [0.2, 0.25) is 0 Å². The molecule has 17 heteroatoms. The van der Waals surface area contributed by atoms with Crippen LogP contribution < -0.4 is 5.56 Å². The molecule has 360 valence electrons. The van der Waals surface area contributed by atoms with E-state index in [1.165, 1.54) is 6.07 Å². The van der Waals surface area contributed by atoms with Gasteiger partial charge in [0.05, 0.1) is 35.4 Å². The summed E-state index contributed by atoms with van der Waals surface area (Å²) in [6, 6.07) is 19.7. The molecular weight excluding hydrogens is 878 g/mol. The Labute approximate surface area is 401 Å². The number of amides is 4. The zero-order chi connectivity index (χ0) is 47.4. The van der Waals surface area contributed by atoms with Crippen LogP contribution in [0.5, 0.6) is 0 Å². The van der Waals surface area contributed by atoms with Crippen LogP contribution in [-0.4, -0.2) is 176 Å². The average molecular weight is 938 g/mol. The smallest absolute Gasteiger partial charge is 0.272 e. The fourth-order valence-electron chi connectivity index (χ4n) is 10.9. The van der Waals surface area contributed by atoms with E-state index in [0.29, 0.717) is 93.3 Å². The lowest BCUT2D eigenvalue weighted by atomic mass is 9.89. The molecule has 0 aliphatic carbocycles. The number of piperazine rings is 2. The monoisotopic (exact) mass is 937 g/mol. The summed E-state index contributed by atoms with van der Waals surface area (Å²) in [5, 5.41) is 7.99. The molecule has 5 aliphatic rings. The Kier molecular flexibility index (Phi) is 13.9. The first-order valence-electron chi connectivity index (χ1n) is 24.6. The summed E-state index contributed by atoms with van der Waals surface area (Å²) in [5.74, 6) is -0.0520. The summed E-state index contributed by atoms with van der Waals surface area (Å²) in [6.07, 6.45) is 7.55. The molecule has 4 amide bonds. The van der Waals surface area contributed by atoms with Crippen molar-refractivity contribution in [1.82, 2.24) is 54.5 Å². The highest BCUT2D eigenvalue weighted by molar-refractivity contribution is 5.95. The van der Waals surface area contributed by atoms with E-state index in [4.69, 9.17) is 0 Å². The molecule has 5 aliphatic heterocycles. The Balaban J connectivity index is 0.633. The number of carbonyl (C=O) groups is 4. The molecule has 5 aromatic rings. The number of nitrogens with zero attached hydrogens (tertiary/aromatic N) is 10. The minimum absolute atomic E-state index is 0.0184. The summed E-state index contributed by atoms with van der Waals surface area (Å²) in [5.41, 5.74) is 4.96. The van der Waals surface area contributed by atoms with Crippen molar-refractivity contribution >= 4 is 34.4 Å². The summed E-state index contributed by atoms with van der Waals surface area (Å²) in [7, 11) is 0. The number of likely N-dealkylation sites (tertiary alicyclic amines) is 2. The highest BCUT2D eigenvalue weighted by atomic mass is 19.1. The van der Waals surface area contributed by atoms with Crippen molar-refractivity contribution in [3.8, 4) is 0 Å². The number of aromatic nitrogens is 4. The van der Waals surface area contributed by atoms with Gasteiger partial charge in [-0.15, -0.1) is 0 Å². The maximum Gasteiger partial charge on any atom is 0.272 e. The van der Waals surface area contributed by atoms with E-state index in [1.54, 1.807) is 40.4 Å². The third kappa shape index (κ3) is 10.6. The number of halogens is 1. The summed E-state index contributed by atoms with van der Waals surface area (Å²) in [4.78, 5) is 89.2. The molecule has 0 saturated carbocycles. The Hall–Kier alpha value is -6.43. The minimum atomic E-state index is -0.602. The van der Waals surface area contributed by atoms with Crippen molar-refractivity contribution in [2.75, 3.05) is 98.2 Å². The van der Waals surface area contributed by atoms with E-state index in [9.17, 15) is 24.0 Å². The van der Waals surface area contributed by atoms with Crippen molar-refractivity contribution < 1.29 is 23.6 Å². The van der Waals surface area contributed by atoms with E-state index in [0.717, 1.165) is 100 Å². The first-order chi connectivity index (χ1) is 33.6. The van der Waals surface area contributed by atoms with Gasteiger partial charge in [0.15, 0.2) is 0 Å². The van der Waals surface area contributed by atoms with Gasteiger partial charge in [-0.1, -0.05) is 36.4 Å². The first-order valence-corrected chi connectivity index (χ1v) is 24.6. The molecule has 0 bridgehead atoms. The van der Waals surface area contributed by atoms with Crippen LogP contribution in [0.15, 0.2) is 84.0 Å². The highest BCUT2D eigenvalue weighted by Crippen LogP contribution is 2.30. The normalized spacial score (nSPS) is 19.8. The van der Waals surface area contributed by atoms with Crippen LogP contribution in [-0.2, 0) is 29.1 Å². The van der Waals surface area contributed by atoms with Gasteiger partial charge in [-0.05, 0) is 73.1 Å². The lowest BCUT2D eigenvalue weighted by Gasteiger charge is -2.40. The van der Waals surface area contributed by atoms with Crippen molar-refractivity contribution in [3.05, 3.63) is 135 Å². The molecule has 4 fully saturated rings. The van der Waals surface area contributed by atoms with Crippen molar-refractivity contribution in [3.63, 3.8) is 0 Å². The molecule has 0 radical (unpaired) electrons. The molecule has 3 aromatic carbocycles. The maximum atomic E-state index is 15.1. The minimum Gasteiger partial charge on any atom is -0.341 e. The second kappa shape index (κ2) is 20.7. The Morgan fingerprint density at radius 2 is 1.41 bits per heavy atom. The van der Waals surface area contributed by atoms with Crippen LogP contribution >= 0.6 is 0 Å². The van der Waals surface area contributed by atoms with Crippen LogP contribution in [0.3, 0.4) is 0 Å². The predicted molar refractivity (Wildman–Crippen MR) is 257 cm³/mol. The van der Waals surface area contributed by atoms with Crippen LogP contribution in [0.25, 0.3) is 10.8 Å². The second-order valence-corrected chi connectivity index (χ2v) is 19.5. The topological polar surface area (TPSA) is 162 Å². The van der Waals surface area contributed by atoms with E-state index in [2.05, 4.69) is 47.0 Å². The molecule has 16 nitrogen and oxygen atoms in total. The number of H-pyrrole nitrogens is 1. The Bertz CT molecular complexity index is 2740. The van der Waals surface area contributed by atoms with Crippen molar-refractivity contribution in [2.45, 2.75) is 51.1 Å². The number of hydrogen-bond donors (Lipinski definition) is 1. The summed E-state index contributed by atoms with van der Waals surface area (Å²) < 4.78 is 15.1. The molecule has 0 unspecified atom stereocenters. The van der Waals surface area contributed by atoms with E-state index in [-0.39, 0.29) is 34.8 Å². The van der Waals surface area contributed by atoms with E-state index >= 15 is 4.39 Å². The SMILES string of the molecule is O=C(CN1CCN(CC2CCN(C(=O)c3cccc([C@H]4CCCN(C(=O)CN5Cc6cncnc6C5)C4)c3)CC2)CC1)N1CCN(C(=O)c2cc(Cc3n[nH]c(=O)c4ccccc34)ccc2F)CC1. The predicted octanol–water partition coefficient (Wildman–Crippen LogP) is 3.62. The molecular formula is C52H60FN11O5. The Morgan fingerprint density at radius 3 is 2.20 bits per heavy atom. The standard InChI is InChI=1S/C52H60FN11O5/c53-45-11-10-37(26-46-42-8-1-2-9-43(42)50(67)57-56-46)25-44(45)52(69)63-23-21-61(22-24-63)48(65)33-59-19-17-58(18-20-59)29-36-12-15-62(16-13-36)51(68)39-6-3-5-38(27-39)40-7-4-14-64(31-40)49(66)34-60-30-41-28-54-35-55-47(41)32-60/h1-3,5-6,8-11,25,27-28,35-36,40H,4,7,12-24,26,29-34H2,(H,57,67)/t40-/m0/s1. The van der Waals surface area contributed by atoms with Gasteiger partial charge in [0.1, 0.15) is 12.1 Å². The van der Waals surface area contributed by atoms with Gasteiger partial charge in [-0.25, -0.2) is 19.5 Å². The molecule has 4 saturated heterocycles. The van der Waals surface area contributed by atoms with Crippen LogP contribution in [0.4, 0.5) is 4.39 Å². The molecule has 1 atom stereocenters. The molecule has 7 heterocycles. The van der Waals surface area contributed by atoms with Gasteiger partial charge in [-0.2, -0.15) is 5.10 Å². The first kappa shape index (κ1) is 46.3. The number of benzene rings is 3. The third-order valence-corrected chi connectivity index (χ3v) is 15.0. The number of rotatable bonds is 11. The van der Waals surface area contributed by atoms with Gasteiger partial charge in [0.25, 0.3) is 17.4 Å². The lowest BCUT2D eigenvalue weighted by molar-refractivity contribution is -0.134. The molecule has 10 rings (SSSR count). The quantitative estimate of drug-likeness (QED) is 0.206. The fourth-order valence-corrected chi connectivity index (χ4v) is 10.9. The number of fused-ring (bicyclic) bond motifs is 2. The zero-order valence-electron chi connectivity index (χ0n) is 39.1. The largest absolute Gasteiger partial charge is 0.341 e. The van der Waals surface area contributed by atoms with Crippen LogP contribution in [0, 0.1) is 11.7 Å². The van der Waals surface area contributed by atoms with Crippen molar-refractivity contribution in [2.24, 2.45) is 5.92 Å². The molecule has 2 aromatic heterocycles. The average Bonchev–Trinajstić information content (AvgIpc) is 3.81. The number of hydrogen-bond acceptors (Lipinski definition) is 11.